The maximum Gasteiger partial charge on any atom is 0.407 e. The first-order chi connectivity index (χ1) is 7.09. The summed E-state index contributed by atoms with van der Waals surface area (Å²) in [6, 6.07) is 6.52. The number of nitrogens with one attached hydrogen (secondary N) is 1. The molecule has 1 aliphatic heterocycles. The summed E-state index contributed by atoms with van der Waals surface area (Å²) in [5.74, 6) is -0.262. The zero-order valence-corrected chi connectivity index (χ0v) is 8.42. The second-order valence-corrected chi connectivity index (χ2v) is 3.96. The van der Waals surface area contributed by atoms with Crippen molar-refractivity contribution in [2.75, 3.05) is 6.54 Å². The van der Waals surface area contributed by atoms with Gasteiger partial charge in [-0.05, 0) is 18.6 Å². The number of benzene rings is 1. The van der Waals surface area contributed by atoms with Crippen molar-refractivity contribution >= 4 is 6.09 Å². The first-order valence-corrected chi connectivity index (χ1v) is 4.79. The van der Waals surface area contributed by atoms with Crippen LogP contribution in [0.3, 0.4) is 0 Å². The maximum absolute atomic E-state index is 13.3. The molecule has 15 heavy (non-hydrogen) atoms. The third kappa shape index (κ3) is 2.09. The van der Waals surface area contributed by atoms with Crippen LogP contribution in [0.2, 0.25) is 0 Å². The van der Waals surface area contributed by atoms with Gasteiger partial charge in [-0.2, -0.15) is 0 Å². The van der Waals surface area contributed by atoms with E-state index in [0.717, 1.165) is 0 Å². The Morgan fingerprint density at radius 2 is 2.27 bits per heavy atom. The Kier molecular flexibility index (Phi) is 2.34. The molecular weight excluding hydrogens is 197 g/mol. The first kappa shape index (κ1) is 9.96. The topological polar surface area (TPSA) is 38.3 Å². The molecule has 1 aromatic rings. The van der Waals surface area contributed by atoms with Crippen LogP contribution >= 0.6 is 0 Å². The molecule has 1 atom stereocenters. The van der Waals surface area contributed by atoms with Gasteiger partial charge in [-0.25, -0.2) is 9.18 Å². The van der Waals surface area contributed by atoms with E-state index < -0.39 is 11.7 Å². The van der Waals surface area contributed by atoms with Gasteiger partial charge in [-0.15, -0.1) is 0 Å². The molecule has 1 fully saturated rings. The van der Waals surface area contributed by atoms with Crippen LogP contribution in [0, 0.1) is 5.82 Å². The Labute approximate surface area is 87.2 Å². The highest BCUT2D eigenvalue weighted by molar-refractivity contribution is 5.70. The smallest absolute Gasteiger partial charge is 0.407 e. The molecule has 1 amide bonds. The number of amides is 1. The van der Waals surface area contributed by atoms with Crippen LogP contribution in [0.1, 0.15) is 12.5 Å². The molecule has 0 bridgehead atoms. The predicted molar refractivity (Wildman–Crippen MR) is 53.0 cm³/mol. The van der Waals surface area contributed by atoms with Crippen LogP contribution in [-0.4, -0.2) is 18.2 Å². The van der Waals surface area contributed by atoms with E-state index in [2.05, 4.69) is 5.32 Å². The lowest BCUT2D eigenvalue weighted by atomic mass is 9.96. The van der Waals surface area contributed by atoms with Crippen molar-refractivity contribution in [1.82, 2.24) is 5.32 Å². The standard InChI is InChI=1S/C11H12FNO2/c1-11(7-13-10(14)15-11)6-8-4-2-3-5-9(8)12/h2-5H,6-7H2,1H3,(H,13,14). The lowest BCUT2D eigenvalue weighted by Gasteiger charge is -2.21. The number of halogens is 1. The van der Waals surface area contributed by atoms with E-state index in [0.29, 0.717) is 18.5 Å². The summed E-state index contributed by atoms with van der Waals surface area (Å²) in [7, 11) is 0. The number of alkyl carbamates (subject to hydrolysis) is 1. The average Bonchev–Trinajstić information content (AvgIpc) is 2.51. The van der Waals surface area contributed by atoms with Crippen molar-refractivity contribution in [2.24, 2.45) is 0 Å². The van der Waals surface area contributed by atoms with Gasteiger partial charge in [0.2, 0.25) is 0 Å². The van der Waals surface area contributed by atoms with E-state index in [9.17, 15) is 9.18 Å². The Balaban J connectivity index is 2.15. The van der Waals surface area contributed by atoms with Crippen LogP contribution in [0.25, 0.3) is 0 Å². The Bertz CT molecular complexity index is 394. The molecule has 0 spiro atoms. The summed E-state index contributed by atoms with van der Waals surface area (Å²) in [5.41, 5.74) is -0.0734. The summed E-state index contributed by atoms with van der Waals surface area (Å²) in [6.07, 6.45) is -0.0489. The number of cyclic esters (lactones) is 1. The zero-order chi connectivity index (χ0) is 10.9. The van der Waals surface area contributed by atoms with Crippen LogP contribution in [-0.2, 0) is 11.2 Å². The van der Waals surface area contributed by atoms with Crippen molar-refractivity contribution in [1.29, 1.82) is 0 Å². The summed E-state index contributed by atoms with van der Waals surface area (Å²) in [5, 5.41) is 2.57. The highest BCUT2D eigenvalue weighted by atomic mass is 19.1. The summed E-state index contributed by atoms with van der Waals surface area (Å²) >= 11 is 0. The third-order valence-electron chi connectivity index (χ3n) is 2.47. The van der Waals surface area contributed by atoms with Gasteiger partial charge in [0.05, 0.1) is 6.54 Å². The number of hydrogen-bond acceptors (Lipinski definition) is 2. The zero-order valence-electron chi connectivity index (χ0n) is 8.42. The highest BCUT2D eigenvalue weighted by Gasteiger charge is 2.36. The molecule has 4 heteroatoms. The van der Waals surface area contributed by atoms with Crippen molar-refractivity contribution in [3.63, 3.8) is 0 Å². The Hall–Kier alpha value is -1.58. The largest absolute Gasteiger partial charge is 0.441 e. The summed E-state index contributed by atoms with van der Waals surface area (Å²) in [4.78, 5) is 10.9. The Morgan fingerprint density at radius 1 is 1.53 bits per heavy atom. The minimum Gasteiger partial charge on any atom is -0.441 e. The van der Waals surface area contributed by atoms with Gasteiger partial charge in [0, 0.05) is 6.42 Å². The summed E-state index contributed by atoms with van der Waals surface area (Å²) in [6.45, 7) is 2.21. The molecule has 1 saturated heterocycles. The second kappa shape index (κ2) is 3.53. The summed E-state index contributed by atoms with van der Waals surface area (Å²) < 4.78 is 18.4. The predicted octanol–water partition coefficient (Wildman–Crippen LogP) is 1.87. The van der Waals surface area contributed by atoms with Gasteiger partial charge in [0.1, 0.15) is 11.4 Å². The third-order valence-corrected chi connectivity index (χ3v) is 2.47. The fourth-order valence-electron chi connectivity index (χ4n) is 1.70. The molecule has 0 aromatic heterocycles. The van der Waals surface area contributed by atoms with Gasteiger partial charge >= 0.3 is 6.09 Å². The van der Waals surface area contributed by atoms with Crippen LogP contribution in [0.5, 0.6) is 0 Å². The molecule has 1 heterocycles. The lowest BCUT2D eigenvalue weighted by Crippen LogP contribution is -2.32. The quantitative estimate of drug-likeness (QED) is 0.807. The van der Waals surface area contributed by atoms with Gasteiger partial charge in [-0.3, -0.25) is 0 Å². The fourth-order valence-corrected chi connectivity index (χ4v) is 1.70. The molecule has 1 aromatic carbocycles. The van der Waals surface area contributed by atoms with E-state index in [4.69, 9.17) is 4.74 Å². The molecule has 1 N–H and O–H groups in total. The SMILES string of the molecule is CC1(Cc2ccccc2F)CNC(=O)O1. The van der Waals surface area contributed by atoms with Gasteiger partial charge in [0.15, 0.2) is 0 Å². The lowest BCUT2D eigenvalue weighted by molar-refractivity contribution is 0.0718. The average molecular weight is 209 g/mol. The number of carbonyl (C=O) groups excluding carboxylic acids is 1. The van der Waals surface area contributed by atoms with Crippen LogP contribution in [0.15, 0.2) is 24.3 Å². The van der Waals surface area contributed by atoms with E-state index in [1.54, 1.807) is 25.1 Å². The Morgan fingerprint density at radius 3 is 2.87 bits per heavy atom. The van der Waals surface area contributed by atoms with Gasteiger partial charge < -0.3 is 10.1 Å². The normalized spacial score (nSPS) is 24.8. The minimum atomic E-state index is -0.640. The van der Waals surface area contributed by atoms with Crippen LogP contribution < -0.4 is 5.32 Å². The monoisotopic (exact) mass is 209 g/mol. The van der Waals surface area contributed by atoms with Gasteiger partial charge in [-0.1, -0.05) is 18.2 Å². The van der Waals surface area contributed by atoms with E-state index in [1.807, 2.05) is 0 Å². The molecule has 2 rings (SSSR count). The number of ether oxygens (including phenoxy) is 1. The van der Waals surface area contributed by atoms with Crippen molar-refractivity contribution in [2.45, 2.75) is 18.9 Å². The molecule has 0 radical (unpaired) electrons. The molecular formula is C11H12FNO2. The molecule has 0 aliphatic carbocycles. The maximum atomic E-state index is 13.3. The van der Waals surface area contributed by atoms with Crippen molar-refractivity contribution < 1.29 is 13.9 Å². The highest BCUT2D eigenvalue weighted by Crippen LogP contribution is 2.22. The first-order valence-electron chi connectivity index (χ1n) is 4.79. The van der Waals surface area contributed by atoms with E-state index >= 15 is 0 Å². The molecule has 3 nitrogen and oxygen atoms in total. The number of rotatable bonds is 2. The second-order valence-electron chi connectivity index (χ2n) is 3.96. The number of carbonyl (C=O) groups is 1. The molecule has 1 unspecified atom stereocenters. The van der Waals surface area contributed by atoms with Crippen LogP contribution in [0.4, 0.5) is 9.18 Å². The van der Waals surface area contributed by atoms with Crippen molar-refractivity contribution in [3.8, 4) is 0 Å². The van der Waals surface area contributed by atoms with Crippen molar-refractivity contribution in [3.05, 3.63) is 35.6 Å². The molecule has 80 valence electrons. The van der Waals surface area contributed by atoms with Gasteiger partial charge in [0.25, 0.3) is 0 Å². The fraction of sp³-hybridized carbons (Fsp3) is 0.364. The molecule has 1 aliphatic rings. The molecule has 0 saturated carbocycles. The number of hydrogen-bond donors (Lipinski definition) is 1. The van der Waals surface area contributed by atoms with E-state index in [1.165, 1.54) is 6.07 Å². The minimum absolute atomic E-state index is 0.262. The van der Waals surface area contributed by atoms with E-state index in [-0.39, 0.29) is 5.82 Å².